The van der Waals surface area contributed by atoms with Crippen LogP contribution >= 0.6 is 0 Å². The second-order valence-electron chi connectivity index (χ2n) is 6.50. The third kappa shape index (κ3) is 4.25. The highest BCUT2D eigenvalue weighted by Gasteiger charge is 2.26. The van der Waals surface area contributed by atoms with Crippen molar-refractivity contribution in [3.8, 4) is 11.5 Å². The summed E-state index contributed by atoms with van der Waals surface area (Å²) >= 11 is 0. The number of piperidine rings is 1. The Morgan fingerprint density at radius 1 is 1.22 bits per heavy atom. The predicted molar refractivity (Wildman–Crippen MR) is 97.0 cm³/mol. The lowest BCUT2D eigenvalue weighted by atomic mass is 10.1. The van der Waals surface area contributed by atoms with Gasteiger partial charge in [0.1, 0.15) is 0 Å². The van der Waals surface area contributed by atoms with Crippen LogP contribution in [-0.2, 0) is 11.2 Å². The highest BCUT2D eigenvalue weighted by atomic mass is 16.5. The molecule has 1 fully saturated rings. The topological polar surface area (TPSA) is 81.6 Å². The van der Waals surface area contributed by atoms with Gasteiger partial charge in [-0.3, -0.25) is 4.79 Å². The molecule has 7 heteroatoms. The smallest absolute Gasteiger partial charge is 0.289 e. The second-order valence-corrected chi connectivity index (χ2v) is 6.50. The van der Waals surface area contributed by atoms with Gasteiger partial charge in [0.2, 0.25) is 0 Å². The van der Waals surface area contributed by atoms with Gasteiger partial charge in [0.25, 0.3) is 11.8 Å². The standard InChI is InChI=1S/C20H21N3O4/c24-20(17-9-5-12-26-17)23-11-4-8-16(14-23)25-13-10-18-21-19(27-22-18)15-6-2-1-3-7-15/h1-3,5-7,9,12,16H,4,8,10-11,13-14H2. The zero-order valence-corrected chi connectivity index (χ0v) is 14.9. The van der Waals surface area contributed by atoms with Crippen LogP contribution in [0, 0.1) is 0 Å². The molecule has 1 aromatic carbocycles. The quantitative estimate of drug-likeness (QED) is 0.665. The number of aromatic nitrogens is 2. The van der Waals surface area contributed by atoms with Crippen LogP contribution in [0.3, 0.4) is 0 Å². The van der Waals surface area contributed by atoms with Gasteiger partial charge in [0.15, 0.2) is 11.6 Å². The first kappa shape index (κ1) is 17.5. The summed E-state index contributed by atoms with van der Waals surface area (Å²) in [6.45, 7) is 1.78. The number of hydrogen-bond donors (Lipinski definition) is 0. The fourth-order valence-electron chi connectivity index (χ4n) is 3.19. The van der Waals surface area contributed by atoms with Crippen molar-refractivity contribution in [1.29, 1.82) is 0 Å². The van der Waals surface area contributed by atoms with Gasteiger partial charge >= 0.3 is 0 Å². The van der Waals surface area contributed by atoms with Crippen molar-refractivity contribution in [1.82, 2.24) is 15.0 Å². The Labute approximate surface area is 156 Å². The van der Waals surface area contributed by atoms with Crippen molar-refractivity contribution in [2.75, 3.05) is 19.7 Å². The number of furan rings is 1. The molecule has 2 aromatic heterocycles. The molecule has 0 aliphatic carbocycles. The summed E-state index contributed by atoms with van der Waals surface area (Å²) in [5.74, 6) is 1.42. The van der Waals surface area contributed by atoms with Crippen molar-refractivity contribution in [2.24, 2.45) is 0 Å². The normalized spacial score (nSPS) is 17.2. The maximum Gasteiger partial charge on any atom is 0.289 e. The number of nitrogens with zero attached hydrogens (tertiary/aromatic N) is 3. The number of benzene rings is 1. The third-order valence-electron chi connectivity index (χ3n) is 4.57. The number of carbonyl (C=O) groups is 1. The highest BCUT2D eigenvalue weighted by molar-refractivity contribution is 5.91. The van der Waals surface area contributed by atoms with E-state index in [4.69, 9.17) is 13.7 Å². The molecule has 1 unspecified atom stereocenters. The molecular formula is C20H21N3O4. The van der Waals surface area contributed by atoms with Gasteiger partial charge in [-0.15, -0.1) is 0 Å². The molecule has 140 valence electrons. The van der Waals surface area contributed by atoms with Crippen molar-refractivity contribution in [3.05, 3.63) is 60.3 Å². The molecule has 4 rings (SSSR count). The lowest BCUT2D eigenvalue weighted by molar-refractivity contribution is 0.00155. The summed E-state index contributed by atoms with van der Waals surface area (Å²) in [5.41, 5.74) is 0.900. The molecule has 0 spiro atoms. The molecule has 0 radical (unpaired) electrons. The maximum atomic E-state index is 12.4. The Morgan fingerprint density at radius 2 is 2.11 bits per heavy atom. The zero-order chi connectivity index (χ0) is 18.5. The first-order chi connectivity index (χ1) is 13.3. The van der Waals surface area contributed by atoms with E-state index >= 15 is 0 Å². The number of likely N-dealkylation sites (tertiary alicyclic amines) is 1. The van der Waals surface area contributed by atoms with Crippen molar-refractivity contribution < 1.29 is 18.5 Å². The minimum absolute atomic E-state index is 0.0122. The summed E-state index contributed by atoms with van der Waals surface area (Å²) in [5, 5.41) is 4.01. The summed E-state index contributed by atoms with van der Waals surface area (Å²) in [4.78, 5) is 18.6. The van der Waals surface area contributed by atoms with Crippen molar-refractivity contribution >= 4 is 5.91 Å². The minimum atomic E-state index is -0.0843. The van der Waals surface area contributed by atoms with Crippen LogP contribution in [-0.4, -0.2) is 46.7 Å². The molecule has 0 saturated carbocycles. The van der Waals surface area contributed by atoms with Gasteiger partial charge in [-0.2, -0.15) is 4.98 Å². The average Bonchev–Trinajstić information content (AvgIpc) is 3.41. The monoisotopic (exact) mass is 367 g/mol. The number of carbonyl (C=O) groups excluding carboxylic acids is 1. The first-order valence-electron chi connectivity index (χ1n) is 9.12. The zero-order valence-electron chi connectivity index (χ0n) is 14.9. The Morgan fingerprint density at radius 3 is 2.93 bits per heavy atom. The number of rotatable bonds is 6. The minimum Gasteiger partial charge on any atom is -0.459 e. The summed E-state index contributed by atoms with van der Waals surface area (Å²) in [6.07, 6.45) is 3.94. The maximum absolute atomic E-state index is 12.4. The average molecular weight is 367 g/mol. The van der Waals surface area contributed by atoms with Crippen LogP contribution in [0.1, 0.15) is 29.2 Å². The molecule has 0 N–H and O–H groups in total. The molecular weight excluding hydrogens is 346 g/mol. The van der Waals surface area contributed by atoms with E-state index in [9.17, 15) is 4.79 Å². The van der Waals surface area contributed by atoms with Gasteiger partial charge in [0.05, 0.1) is 19.0 Å². The van der Waals surface area contributed by atoms with E-state index in [0.29, 0.717) is 37.0 Å². The van der Waals surface area contributed by atoms with E-state index in [0.717, 1.165) is 24.9 Å². The third-order valence-corrected chi connectivity index (χ3v) is 4.57. The van der Waals surface area contributed by atoms with Gasteiger partial charge in [-0.25, -0.2) is 0 Å². The first-order valence-corrected chi connectivity index (χ1v) is 9.12. The Kier molecular flexibility index (Phi) is 5.29. The highest BCUT2D eigenvalue weighted by Crippen LogP contribution is 2.18. The fourth-order valence-corrected chi connectivity index (χ4v) is 3.19. The lowest BCUT2D eigenvalue weighted by Gasteiger charge is -2.32. The summed E-state index contributed by atoms with van der Waals surface area (Å²) in [6, 6.07) is 13.1. The SMILES string of the molecule is O=C(c1ccco1)N1CCCC(OCCc2noc(-c3ccccc3)n2)C1. The molecule has 1 amide bonds. The number of ether oxygens (including phenoxy) is 1. The van der Waals surface area contributed by atoms with Crippen molar-refractivity contribution in [2.45, 2.75) is 25.4 Å². The molecule has 1 aliphatic heterocycles. The van der Waals surface area contributed by atoms with Gasteiger partial charge in [-0.1, -0.05) is 23.4 Å². The van der Waals surface area contributed by atoms with E-state index in [2.05, 4.69) is 10.1 Å². The molecule has 1 aliphatic rings. The summed E-state index contributed by atoms with van der Waals surface area (Å²) in [7, 11) is 0. The van der Waals surface area contributed by atoms with Crippen LogP contribution < -0.4 is 0 Å². The molecule has 7 nitrogen and oxygen atoms in total. The predicted octanol–water partition coefficient (Wildman–Crippen LogP) is 3.19. The van der Waals surface area contributed by atoms with Crippen LogP contribution in [0.15, 0.2) is 57.7 Å². The van der Waals surface area contributed by atoms with E-state index in [1.807, 2.05) is 30.3 Å². The second kappa shape index (κ2) is 8.18. The van der Waals surface area contributed by atoms with Gasteiger partial charge in [0, 0.05) is 25.1 Å². The molecule has 0 bridgehead atoms. The number of hydrogen-bond acceptors (Lipinski definition) is 6. The van der Waals surface area contributed by atoms with Crippen LogP contribution in [0.5, 0.6) is 0 Å². The van der Waals surface area contributed by atoms with E-state index in [-0.39, 0.29) is 12.0 Å². The van der Waals surface area contributed by atoms with Gasteiger partial charge in [-0.05, 0) is 37.1 Å². The molecule has 3 heterocycles. The van der Waals surface area contributed by atoms with E-state index < -0.39 is 0 Å². The van der Waals surface area contributed by atoms with Crippen molar-refractivity contribution in [3.63, 3.8) is 0 Å². The Balaban J connectivity index is 1.27. The largest absolute Gasteiger partial charge is 0.459 e. The van der Waals surface area contributed by atoms with Gasteiger partial charge < -0.3 is 18.6 Å². The summed E-state index contributed by atoms with van der Waals surface area (Å²) < 4.78 is 16.5. The molecule has 1 saturated heterocycles. The molecule has 3 aromatic rings. The molecule has 1 atom stereocenters. The number of amides is 1. The lowest BCUT2D eigenvalue weighted by Crippen LogP contribution is -2.43. The fraction of sp³-hybridized carbons (Fsp3) is 0.350. The Hall–Kier alpha value is -2.93. The Bertz CT molecular complexity index is 861. The van der Waals surface area contributed by atoms with E-state index in [1.54, 1.807) is 17.0 Å². The molecule has 27 heavy (non-hydrogen) atoms. The van der Waals surface area contributed by atoms with Crippen LogP contribution in [0.25, 0.3) is 11.5 Å². The van der Waals surface area contributed by atoms with Crippen LogP contribution in [0.4, 0.5) is 0 Å². The van der Waals surface area contributed by atoms with E-state index in [1.165, 1.54) is 6.26 Å². The van der Waals surface area contributed by atoms with Crippen LogP contribution in [0.2, 0.25) is 0 Å².